The Morgan fingerprint density at radius 1 is 1.22 bits per heavy atom. The molecule has 10 heteroatoms. The lowest BCUT2D eigenvalue weighted by Gasteiger charge is -2.33. The van der Waals surface area contributed by atoms with Crippen LogP contribution in [0.5, 0.6) is 0 Å². The summed E-state index contributed by atoms with van der Waals surface area (Å²) in [6, 6.07) is 1.39. The highest BCUT2D eigenvalue weighted by Gasteiger charge is 2.37. The summed E-state index contributed by atoms with van der Waals surface area (Å²) in [6.07, 6.45) is -6.17. The first kappa shape index (κ1) is 23.5. The van der Waals surface area contributed by atoms with Crippen LogP contribution < -0.4 is 9.62 Å². The first-order valence-corrected chi connectivity index (χ1v) is 9.40. The molecule has 0 aliphatic heterocycles. The van der Waals surface area contributed by atoms with Gasteiger partial charge in [-0.05, 0) is 66.2 Å². The fourth-order valence-electron chi connectivity index (χ4n) is 2.18. The highest BCUT2D eigenvalue weighted by Crippen LogP contribution is 2.34. The molecule has 6 nitrogen and oxygen atoms in total. The monoisotopic (exact) mass is 409 g/mol. The van der Waals surface area contributed by atoms with Crippen molar-refractivity contribution in [2.45, 2.75) is 71.0 Å². The molecule has 1 aromatic heterocycles. The van der Waals surface area contributed by atoms with Crippen molar-refractivity contribution in [2.24, 2.45) is 0 Å². The molecule has 0 aromatic carbocycles. The van der Waals surface area contributed by atoms with E-state index in [1.807, 2.05) is 0 Å². The zero-order valence-corrected chi connectivity index (χ0v) is 17.2. The maximum atomic E-state index is 13.3. The molecular weight excluding hydrogens is 383 g/mol. The molecule has 1 rings (SSSR count). The van der Waals surface area contributed by atoms with E-state index in [0.717, 1.165) is 11.0 Å². The van der Waals surface area contributed by atoms with Crippen LogP contribution in [0.25, 0.3) is 0 Å². The fraction of sp³-hybridized carbons (Fsp3) is 0.647. The van der Waals surface area contributed by atoms with Gasteiger partial charge in [-0.15, -0.1) is 4.72 Å². The number of nitrogens with one attached hydrogen (secondary N) is 1. The van der Waals surface area contributed by atoms with Crippen LogP contribution in [0.3, 0.4) is 0 Å². The van der Waals surface area contributed by atoms with Gasteiger partial charge in [0.2, 0.25) is 0 Å². The van der Waals surface area contributed by atoms with Crippen molar-refractivity contribution in [3.8, 4) is 0 Å². The molecule has 0 saturated heterocycles. The Morgan fingerprint density at radius 3 is 2.11 bits per heavy atom. The number of aromatic nitrogens is 1. The Kier molecular flexibility index (Phi) is 6.83. The molecule has 2 N–H and O–H groups in total. The Balaban J connectivity index is 3.47. The number of nitrogens with zero attached hydrogens (tertiary/aromatic N) is 2. The predicted molar refractivity (Wildman–Crippen MR) is 98.9 cm³/mol. The smallest absolute Gasteiger partial charge is 0.433 e. The van der Waals surface area contributed by atoms with E-state index in [9.17, 15) is 27.6 Å². The van der Waals surface area contributed by atoms with Gasteiger partial charge in [0.25, 0.3) is 0 Å². The third-order valence-corrected chi connectivity index (χ3v) is 5.24. The summed E-state index contributed by atoms with van der Waals surface area (Å²) in [5, 5.41) is 9.48. The van der Waals surface area contributed by atoms with E-state index in [-0.39, 0.29) is 11.4 Å². The van der Waals surface area contributed by atoms with Crippen LogP contribution in [0.2, 0.25) is 0 Å². The van der Waals surface area contributed by atoms with Crippen LogP contribution in [0.1, 0.15) is 65.8 Å². The van der Waals surface area contributed by atoms with Gasteiger partial charge in [-0.1, -0.05) is 0 Å². The number of rotatable bonds is 4. The van der Waals surface area contributed by atoms with Gasteiger partial charge in [-0.25, -0.2) is 9.78 Å². The zero-order chi connectivity index (χ0) is 21.4. The molecule has 1 heterocycles. The van der Waals surface area contributed by atoms with E-state index in [2.05, 4.69) is 9.71 Å². The molecule has 154 valence electrons. The SMILES string of the molecule is C[C@H](N[S+]([O-])C(C)(C)C)c1cc(N(C(=O)O)C(C)(C)C)nc(C(F)(F)F)c1. The molecule has 0 spiro atoms. The Bertz CT molecular complexity index is 685. The summed E-state index contributed by atoms with van der Waals surface area (Å²) in [6.45, 7) is 11.4. The van der Waals surface area contributed by atoms with E-state index < -0.39 is 45.7 Å². The van der Waals surface area contributed by atoms with Crippen molar-refractivity contribution in [3.63, 3.8) is 0 Å². The van der Waals surface area contributed by atoms with Gasteiger partial charge >= 0.3 is 12.3 Å². The van der Waals surface area contributed by atoms with Gasteiger partial charge in [0.15, 0.2) is 0 Å². The summed E-state index contributed by atoms with van der Waals surface area (Å²) in [5.74, 6) is -0.338. The Morgan fingerprint density at radius 2 is 1.74 bits per heavy atom. The van der Waals surface area contributed by atoms with E-state index in [1.54, 1.807) is 48.5 Å². The molecule has 0 aliphatic carbocycles. The molecule has 1 amide bonds. The largest absolute Gasteiger partial charge is 0.598 e. The van der Waals surface area contributed by atoms with E-state index in [0.29, 0.717) is 0 Å². The third kappa shape index (κ3) is 6.25. The van der Waals surface area contributed by atoms with Crippen LogP contribution in [0.4, 0.5) is 23.8 Å². The average Bonchev–Trinajstić information content (AvgIpc) is 2.42. The number of anilines is 1. The molecule has 0 radical (unpaired) electrons. The lowest BCUT2D eigenvalue weighted by atomic mass is 10.0. The van der Waals surface area contributed by atoms with Crippen molar-refractivity contribution in [3.05, 3.63) is 23.4 Å². The summed E-state index contributed by atoms with van der Waals surface area (Å²) in [4.78, 5) is 15.9. The molecule has 1 aromatic rings. The number of carbonyl (C=O) groups is 1. The number of carboxylic acid groups (broad SMARTS) is 1. The van der Waals surface area contributed by atoms with E-state index >= 15 is 0 Å². The fourth-order valence-corrected chi connectivity index (χ4v) is 2.99. The molecule has 1 unspecified atom stereocenters. The number of pyridine rings is 1. The maximum absolute atomic E-state index is 13.3. The third-order valence-electron chi connectivity index (χ3n) is 3.56. The predicted octanol–water partition coefficient (Wildman–Crippen LogP) is 4.50. The summed E-state index contributed by atoms with van der Waals surface area (Å²) in [5.41, 5.74) is -2.08. The van der Waals surface area contributed by atoms with Crippen molar-refractivity contribution in [1.29, 1.82) is 0 Å². The molecular formula is C17H26F3N3O3S. The van der Waals surface area contributed by atoms with Gasteiger partial charge in [-0.2, -0.15) is 13.2 Å². The van der Waals surface area contributed by atoms with E-state index in [1.165, 1.54) is 6.07 Å². The maximum Gasteiger partial charge on any atom is 0.433 e. The second kappa shape index (κ2) is 7.84. The van der Waals surface area contributed by atoms with Crippen molar-refractivity contribution >= 4 is 23.3 Å². The molecule has 0 saturated carbocycles. The molecule has 27 heavy (non-hydrogen) atoms. The molecule has 0 fully saturated rings. The summed E-state index contributed by atoms with van der Waals surface area (Å²) in [7, 11) is 0. The minimum atomic E-state index is -4.75. The van der Waals surface area contributed by atoms with Crippen molar-refractivity contribution in [2.75, 3.05) is 4.90 Å². The van der Waals surface area contributed by atoms with Gasteiger partial charge in [0, 0.05) is 16.9 Å². The minimum absolute atomic E-state index is 0.139. The number of hydrogen-bond donors (Lipinski definition) is 2. The van der Waals surface area contributed by atoms with Crippen LogP contribution >= 0.6 is 0 Å². The van der Waals surface area contributed by atoms with Gasteiger partial charge in [0.05, 0.1) is 6.04 Å². The standard InChI is InChI=1S/C17H26F3N3O3S/c1-10(22-27(26)16(5,6)7)11-8-12(17(18,19)20)21-13(9-11)23(14(24)25)15(2,3)4/h8-10,22H,1-7H3,(H,24,25)/t10-,27?/m0/s1. The number of hydrogen-bond acceptors (Lipinski definition) is 4. The lowest BCUT2D eigenvalue weighted by Crippen LogP contribution is -2.46. The topological polar surface area (TPSA) is 88.5 Å². The molecule has 0 bridgehead atoms. The van der Waals surface area contributed by atoms with Gasteiger partial charge < -0.3 is 9.66 Å². The first-order chi connectivity index (χ1) is 11.9. The number of amides is 1. The molecule has 2 atom stereocenters. The van der Waals surface area contributed by atoms with Crippen LogP contribution in [-0.2, 0) is 17.5 Å². The second-order valence-corrected chi connectivity index (χ2v) is 10.1. The summed E-state index contributed by atoms with van der Waals surface area (Å²) >= 11 is -1.52. The highest BCUT2D eigenvalue weighted by atomic mass is 32.2. The van der Waals surface area contributed by atoms with Gasteiger partial charge in [0.1, 0.15) is 16.3 Å². The van der Waals surface area contributed by atoms with Crippen LogP contribution in [0, 0.1) is 0 Å². The normalized spacial score (nSPS) is 15.4. The number of alkyl halides is 3. The van der Waals surface area contributed by atoms with Crippen molar-refractivity contribution in [1.82, 2.24) is 9.71 Å². The summed E-state index contributed by atoms with van der Waals surface area (Å²) < 4.78 is 54.4. The lowest BCUT2D eigenvalue weighted by molar-refractivity contribution is -0.141. The van der Waals surface area contributed by atoms with Crippen LogP contribution in [0.15, 0.2) is 12.1 Å². The highest BCUT2D eigenvalue weighted by molar-refractivity contribution is 7.90. The minimum Gasteiger partial charge on any atom is -0.598 e. The average molecular weight is 409 g/mol. The number of halogens is 3. The zero-order valence-electron chi connectivity index (χ0n) is 16.4. The van der Waals surface area contributed by atoms with Crippen molar-refractivity contribution < 1.29 is 27.6 Å². The van der Waals surface area contributed by atoms with E-state index in [4.69, 9.17) is 0 Å². The Labute approximate surface area is 160 Å². The second-order valence-electron chi connectivity index (χ2n) is 8.15. The van der Waals surface area contributed by atoms with Crippen LogP contribution in [-0.4, -0.2) is 31.0 Å². The quantitative estimate of drug-likeness (QED) is 0.715. The molecule has 0 aliphatic rings. The Hall–Kier alpha value is -1.52. The first-order valence-electron chi connectivity index (χ1n) is 8.25. The van der Waals surface area contributed by atoms with Gasteiger partial charge in [-0.3, -0.25) is 4.90 Å².